The number of halogens is 1. The summed E-state index contributed by atoms with van der Waals surface area (Å²) in [5.41, 5.74) is 4.04. The third kappa shape index (κ3) is 3.44. The van der Waals surface area contributed by atoms with Crippen LogP contribution < -0.4 is 4.90 Å². The molecule has 132 valence electrons. The van der Waals surface area contributed by atoms with Gasteiger partial charge in [-0.25, -0.2) is 4.39 Å². The summed E-state index contributed by atoms with van der Waals surface area (Å²) in [7, 11) is 0. The smallest absolute Gasteiger partial charge is 0.151 e. The number of nitrogens with zero attached hydrogens (tertiary/aromatic N) is 3. The topological polar surface area (TPSA) is 38.2 Å². The van der Waals surface area contributed by atoms with Crippen LogP contribution in [0.4, 0.5) is 10.2 Å². The van der Waals surface area contributed by atoms with Gasteiger partial charge in [0.1, 0.15) is 11.9 Å². The molecule has 0 N–H and O–H groups in total. The van der Waals surface area contributed by atoms with Crippen molar-refractivity contribution in [2.45, 2.75) is 13.0 Å². The molecule has 0 spiro atoms. The molecule has 1 saturated heterocycles. The Bertz CT molecular complexity index is 881. The molecule has 0 aliphatic carbocycles. The van der Waals surface area contributed by atoms with E-state index in [-0.39, 0.29) is 11.9 Å². The van der Waals surface area contributed by atoms with E-state index >= 15 is 0 Å². The Balaban J connectivity index is 1.52. The van der Waals surface area contributed by atoms with E-state index in [1.165, 1.54) is 23.3 Å². The molecule has 2 heterocycles. The second-order valence-electron chi connectivity index (χ2n) is 6.45. The molecule has 4 rings (SSSR count). The molecule has 1 aliphatic heterocycles. The van der Waals surface area contributed by atoms with Crippen LogP contribution >= 0.6 is 0 Å². The van der Waals surface area contributed by atoms with Crippen LogP contribution in [0.2, 0.25) is 0 Å². The van der Waals surface area contributed by atoms with Crippen LogP contribution in [0, 0.1) is 12.7 Å². The number of rotatable bonds is 3. The molecule has 0 amide bonds. The number of hydrogen-bond donors (Lipinski definition) is 0. The standard InChI is InChI=1S/C21H20FN3O/c1-15-4-2-3-5-18(15)20-14-25(12-13-26-20)21-11-10-19(23-24-21)16-6-8-17(22)9-7-16/h2-11,20H,12-14H2,1H3. The zero-order chi connectivity index (χ0) is 17.9. The highest BCUT2D eigenvalue weighted by atomic mass is 19.1. The van der Waals surface area contributed by atoms with Crippen LogP contribution in [0.5, 0.6) is 0 Å². The van der Waals surface area contributed by atoms with Crippen LogP contribution in [0.3, 0.4) is 0 Å². The number of anilines is 1. The molecule has 1 atom stereocenters. The summed E-state index contributed by atoms with van der Waals surface area (Å²) in [4.78, 5) is 2.20. The van der Waals surface area contributed by atoms with Gasteiger partial charge in [-0.1, -0.05) is 24.3 Å². The maximum Gasteiger partial charge on any atom is 0.151 e. The zero-order valence-electron chi connectivity index (χ0n) is 14.6. The molecule has 26 heavy (non-hydrogen) atoms. The number of aryl methyl sites for hydroxylation is 1. The van der Waals surface area contributed by atoms with Crippen molar-refractivity contribution in [3.63, 3.8) is 0 Å². The minimum Gasteiger partial charge on any atom is -0.370 e. The van der Waals surface area contributed by atoms with Crippen LogP contribution in [0.1, 0.15) is 17.2 Å². The van der Waals surface area contributed by atoms with Gasteiger partial charge in [0.2, 0.25) is 0 Å². The van der Waals surface area contributed by atoms with Gasteiger partial charge in [0.15, 0.2) is 5.82 Å². The minimum absolute atomic E-state index is 0.0310. The van der Waals surface area contributed by atoms with Crippen molar-refractivity contribution in [2.75, 3.05) is 24.6 Å². The Labute approximate surface area is 152 Å². The van der Waals surface area contributed by atoms with E-state index in [9.17, 15) is 4.39 Å². The van der Waals surface area contributed by atoms with Gasteiger partial charge in [0.25, 0.3) is 0 Å². The Morgan fingerprint density at radius 1 is 1.00 bits per heavy atom. The van der Waals surface area contributed by atoms with E-state index in [0.29, 0.717) is 6.61 Å². The van der Waals surface area contributed by atoms with Gasteiger partial charge in [-0.15, -0.1) is 10.2 Å². The van der Waals surface area contributed by atoms with Crippen LogP contribution in [-0.4, -0.2) is 29.9 Å². The van der Waals surface area contributed by atoms with E-state index in [4.69, 9.17) is 4.74 Å². The quantitative estimate of drug-likeness (QED) is 0.711. The molecule has 5 heteroatoms. The summed E-state index contributed by atoms with van der Waals surface area (Å²) >= 11 is 0. The predicted octanol–water partition coefficient (Wildman–Crippen LogP) is 4.17. The lowest BCUT2D eigenvalue weighted by molar-refractivity contribution is 0.0391. The highest BCUT2D eigenvalue weighted by molar-refractivity contribution is 5.59. The molecule has 1 fully saturated rings. The largest absolute Gasteiger partial charge is 0.370 e. The van der Waals surface area contributed by atoms with E-state index < -0.39 is 0 Å². The first-order chi connectivity index (χ1) is 12.7. The monoisotopic (exact) mass is 349 g/mol. The van der Waals surface area contributed by atoms with Gasteiger partial charge in [0, 0.05) is 18.7 Å². The maximum absolute atomic E-state index is 13.1. The number of benzene rings is 2. The van der Waals surface area contributed by atoms with Gasteiger partial charge < -0.3 is 9.64 Å². The van der Waals surface area contributed by atoms with Crippen molar-refractivity contribution in [3.8, 4) is 11.3 Å². The second kappa shape index (κ2) is 7.22. The molecular formula is C21H20FN3O. The third-order valence-electron chi connectivity index (χ3n) is 4.72. The molecule has 2 aromatic carbocycles. The fraction of sp³-hybridized carbons (Fsp3) is 0.238. The molecule has 1 aromatic heterocycles. The molecule has 4 nitrogen and oxygen atoms in total. The van der Waals surface area contributed by atoms with Gasteiger partial charge in [0.05, 0.1) is 12.3 Å². The number of aromatic nitrogens is 2. The Kier molecular flexibility index (Phi) is 4.63. The van der Waals surface area contributed by atoms with Crippen molar-refractivity contribution in [1.82, 2.24) is 10.2 Å². The Hall–Kier alpha value is -2.79. The molecule has 3 aromatic rings. The van der Waals surface area contributed by atoms with Crippen molar-refractivity contribution in [2.24, 2.45) is 0 Å². The molecule has 0 radical (unpaired) electrons. The first-order valence-corrected chi connectivity index (χ1v) is 8.72. The Morgan fingerprint density at radius 2 is 1.81 bits per heavy atom. The average Bonchev–Trinajstić information content (AvgIpc) is 2.69. The molecule has 0 bridgehead atoms. The lowest BCUT2D eigenvalue weighted by atomic mass is 10.0. The lowest BCUT2D eigenvalue weighted by Gasteiger charge is -2.34. The average molecular weight is 349 g/mol. The van der Waals surface area contributed by atoms with Gasteiger partial charge in [-0.2, -0.15) is 0 Å². The Morgan fingerprint density at radius 3 is 2.54 bits per heavy atom. The fourth-order valence-corrected chi connectivity index (χ4v) is 3.26. The van der Waals surface area contributed by atoms with Crippen LogP contribution in [-0.2, 0) is 4.74 Å². The van der Waals surface area contributed by atoms with E-state index in [1.54, 1.807) is 12.1 Å². The maximum atomic E-state index is 13.1. The summed E-state index contributed by atoms with van der Waals surface area (Å²) in [6, 6.07) is 18.5. The van der Waals surface area contributed by atoms with E-state index in [0.717, 1.165) is 30.2 Å². The molecule has 1 unspecified atom stereocenters. The summed E-state index contributed by atoms with van der Waals surface area (Å²) in [6.45, 7) is 4.29. The van der Waals surface area contributed by atoms with Crippen molar-refractivity contribution >= 4 is 5.82 Å². The summed E-state index contributed by atoms with van der Waals surface area (Å²) in [5.74, 6) is 0.576. The van der Waals surface area contributed by atoms with Crippen molar-refractivity contribution in [1.29, 1.82) is 0 Å². The number of morpholine rings is 1. The molecule has 1 aliphatic rings. The van der Waals surface area contributed by atoms with Crippen LogP contribution in [0.15, 0.2) is 60.7 Å². The zero-order valence-corrected chi connectivity index (χ0v) is 14.6. The van der Waals surface area contributed by atoms with Crippen LogP contribution in [0.25, 0.3) is 11.3 Å². The van der Waals surface area contributed by atoms with Gasteiger partial charge >= 0.3 is 0 Å². The third-order valence-corrected chi connectivity index (χ3v) is 4.72. The predicted molar refractivity (Wildman–Crippen MR) is 99.5 cm³/mol. The summed E-state index contributed by atoms with van der Waals surface area (Å²) < 4.78 is 19.0. The van der Waals surface area contributed by atoms with Crippen molar-refractivity contribution < 1.29 is 9.13 Å². The summed E-state index contributed by atoms with van der Waals surface area (Å²) in [6.07, 6.45) is 0.0310. The highest BCUT2D eigenvalue weighted by Crippen LogP contribution is 2.27. The number of hydrogen-bond acceptors (Lipinski definition) is 4. The first kappa shape index (κ1) is 16.7. The van der Waals surface area contributed by atoms with E-state index in [2.05, 4.69) is 34.2 Å². The SMILES string of the molecule is Cc1ccccc1C1CN(c2ccc(-c3ccc(F)cc3)nn2)CCO1. The number of ether oxygens (including phenoxy) is 1. The van der Waals surface area contributed by atoms with Crippen molar-refractivity contribution in [3.05, 3.63) is 77.6 Å². The first-order valence-electron chi connectivity index (χ1n) is 8.72. The normalized spacial score (nSPS) is 17.3. The summed E-state index contributed by atoms with van der Waals surface area (Å²) in [5, 5.41) is 8.69. The van der Waals surface area contributed by atoms with Gasteiger partial charge in [-0.3, -0.25) is 0 Å². The molecule has 0 saturated carbocycles. The second-order valence-corrected chi connectivity index (χ2v) is 6.45. The fourth-order valence-electron chi connectivity index (χ4n) is 3.26. The minimum atomic E-state index is -0.256. The van der Waals surface area contributed by atoms with E-state index in [1.807, 2.05) is 24.3 Å². The lowest BCUT2D eigenvalue weighted by Crippen LogP contribution is -2.39. The molecular weight excluding hydrogens is 329 g/mol. The van der Waals surface area contributed by atoms with Gasteiger partial charge in [-0.05, 0) is 54.4 Å². The highest BCUT2D eigenvalue weighted by Gasteiger charge is 2.24.